The number of alkyl halides is 2. The van der Waals surface area contributed by atoms with Gasteiger partial charge in [0, 0.05) is 19.2 Å². The average molecular weight is 522 g/mol. The SMILES string of the molecule is C=CCNC(=NCc1cc(OC)ccc1OC(F)F)NCc1nnc(C)n1C.I. The fourth-order valence-corrected chi connectivity index (χ4v) is 2.29. The maximum Gasteiger partial charge on any atom is 0.387 e. The van der Waals surface area contributed by atoms with Crippen LogP contribution in [0.4, 0.5) is 8.78 Å². The van der Waals surface area contributed by atoms with Crippen LogP contribution < -0.4 is 20.1 Å². The van der Waals surface area contributed by atoms with Gasteiger partial charge in [-0.3, -0.25) is 0 Å². The van der Waals surface area contributed by atoms with E-state index in [0.29, 0.717) is 30.4 Å². The number of nitrogens with one attached hydrogen (secondary N) is 2. The number of halogens is 3. The van der Waals surface area contributed by atoms with Crippen LogP contribution in [0.15, 0.2) is 35.8 Å². The number of ether oxygens (including phenoxy) is 2. The van der Waals surface area contributed by atoms with E-state index in [9.17, 15) is 8.78 Å². The van der Waals surface area contributed by atoms with E-state index in [1.165, 1.54) is 13.2 Å². The number of nitrogens with zero attached hydrogens (tertiary/aromatic N) is 4. The largest absolute Gasteiger partial charge is 0.497 e. The van der Waals surface area contributed by atoms with E-state index in [-0.39, 0.29) is 36.3 Å². The van der Waals surface area contributed by atoms with Gasteiger partial charge in [0.15, 0.2) is 11.8 Å². The summed E-state index contributed by atoms with van der Waals surface area (Å²) in [5, 5.41) is 14.3. The highest BCUT2D eigenvalue weighted by atomic mass is 127. The zero-order valence-electron chi connectivity index (χ0n) is 16.5. The highest BCUT2D eigenvalue weighted by molar-refractivity contribution is 14.0. The lowest BCUT2D eigenvalue weighted by Gasteiger charge is -2.13. The maximum absolute atomic E-state index is 12.7. The molecule has 2 N–H and O–H groups in total. The molecule has 11 heteroatoms. The number of hydrogen-bond acceptors (Lipinski definition) is 5. The monoisotopic (exact) mass is 522 g/mol. The lowest BCUT2D eigenvalue weighted by molar-refractivity contribution is -0.0504. The molecule has 0 atom stereocenters. The average Bonchev–Trinajstić information content (AvgIpc) is 3.00. The van der Waals surface area contributed by atoms with Crippen LogP contribution in [0.1, 0.15) is 17.2 Å². The van der Waals surface area contributed by atoms with Crippen molar-refractivity contribution in [3.63, 3.8) is 0 Å². The molecule has 0 aliphatic heterocycles. The topological polar surface area (TPSA) is 85.6 Å². The van der Waals surface area contributed by atoms with E-state index in [1.807, 2.05) is 18.5 Å². The third kappa shape index (κ3) is 7.48. The van der Waals surface area contributed by atoms with Gasteiger partial charge in [-0.25, -0.2) is 4.99 Å². The van der Waals surface area contributed by atoms with Crippen LogP contribution in [0.3, 0.4) is 0 Å². The van der Waals surface area contributed by atoms with Crippen molar-refractivity contribution in [2.75, 3.05) is 13.7 Å². The zero-order valence-corrected chi connectivity index (χ0v) is 18.8. The molecule has 0 radical (unpaired) electrons. The number of hydrogen-bond donors (Lipinski definition) is 2. The minimum Gasteiger partial charge on any atom is -0.497 e. The zero-order chi connectivity index (χ0) is 20.5. The molecule has 29 heavy (non-hydrogen) atoms. The standard InChI is InChI=1S/C18H24F2N6O2.HI/c1-5-8-21-18(23-11-16-25-24-12(2)26(16)3)22-10-13-9-14(27-4)6-7-15(13)28-17(19)20;/h5-7,9,17H,1,8,10-11H2,2-4H3,(H2,21,22,23);1H. The molecule has 1 aromatic heterocycles. The van der Waals surface area contributed by atoms with Crippen LogP contribution in [0.2, 0.25) is 0 Å². The summed E-state index contributed by atoms with van der Waals surface area (Å²) in [6.07, 6.45) is 1.68. The van der Waals surface area contributed by atoms with Crippen molar-refractivity contribution in [3.8, 4) is 11.5 Å². The van der Waals surface area contributed by atoms with Gasteiger partial charge >= 0.3 is 6.61 Å². The summed E-state index contributed by atoms with van der Waals surface area (Å²) in [5.74, 6) is 2.56. The summed E-state index contributed by atoms with van der Waals surface area (Å²) in [6, 6.07) is 4.59. The molecule has 0 amide bonds. The first-order chi connectivity index (χ1) is 13.4. The minimum absolute atomic E-state index is 0. The van der Waals surface area contributed by atoms with Gasteiger partial charge in [-0.15, -0.1) is 40.8 Å². The molecule has 0 aliphatic rings. The normalized spacial score (nSPS) is 11.0. The Labute approximate surface area is 185 Å². The molecule has 160 valence electrons. The lowest BCUT2D eigenvalue weighted by atomic mass is 10.2. The van der Waals surface area contributed by atoms with Crippen molar-refractivity contribution in [1.29, 1.82) is 0 Å². The van der Waals surface area contributed by atoms with Gasteiger partial charge in [-0.2, -0.15) is 8.78 Å². The summed E-state index contributed by atoms with van der Waals surface area (Å²) >= 11 is 0. The molecule has 2 rings (SSSR count). The van der Waals surface area contributed by atoms with E-state index in [0.717, 1.165) is 11.6 Å². The smallest absolute Gasteiger partial charge is 0.387 e. The van der Waals surface area contributed by atoms with Gasteiger partial charge in [0.05, 0.1) is 20.2 Å². The molecule has 0 unspecified atom stereocenters. The first kappa shape index (κ1) is 24.6. The highest BCUT2D eigenvalue weighted by Gasteiger charge is 2.12. The Morgan fingerprint density at radius 2 is 2.10 bits per heavy atom. The van der Waals surface area contributed by atoms with Crippen molar-refractivity contribution in [3.05, 3.63) is 48.1 Å². The Balaban J connectivity index is 0.00000420. The van der Waals surface area contributed by atoms with Crippen molar-refractivity contribution in [1.82, 2.24) is 25.4 Å². The van der Waals surface area contributed by atoms with Crippen molar-refractivity contribution in [2.24, 2.45) is 12.0 Å². The Bertz CT molecular complexity index is 829. The van der Waals surface area contributed by atoms with Gasteiger partial charge in [-0.1, -0.05) is 6.08 Å². The second kappa shape index (κ2) is 12.2. The van der Waals surface area contributed by atoms with Crippen molar-refractivity contribution < 1.29 is 18.3 Å². The van der Waals surface area contributed by atoms with E-state index in [1.54, 1.807) is 18.2 Å². The van der Waals surface area contributed by atoms with Gasteiger partial charge in [0.2, 0.25) is 0 Å². The number of aromatic nitrogens is 3. The first-order valence-corrected chi connectivity index (χ1v) is 8.54. The van der Waals surface area contributed by atoms with E-state index in [4.69, 9.17) is 4.74 Å². The Hall–Kier alpha value is -2.44. The van der Waals surface area contributed by atoms with Crippen molar-refractivity contribution >= 4 is 29.9 Å². The third-order valence-electron chi connectivity index (χ3n) is 3.90. The Morgan fingerprint density at radius 3 is 2.69 bits per heavy atom. The first-order valence-electron chi connectivity index (χ1n) is 8.54. The van der Waals surface area contributed by atoms with Gasteiger partial charge in [-0.05, 0) is 25.1 Å². The number of aryl methyl sites for hydroxylation is 1. The van der Waals surface area contributed by atoms with Gasteiger partial charge < -0.3 is 24.7 Å². The number of aliphatic imine (C=N–C) groups is 1. The number of benzene rings is 1. The van der Waals surface area contributed by atoms with Crippen LogP contribution in [-0.2, 0) is 20.1 Å². The molecule has 1 aromatic carbocycles. The molecular weight excluding hydrogens is 497 g/mol. The minimum atomic E-state index is -2.92. The van der Waals surface area contributed by atoms with Crippen molar-refractivity contribution in [2.45, 2.75) is 26.6 Å². The molecule has 0 fully saturated rings. The molecule has 2 aromatic rings. The Kier molecular flexibility index (Phi) is 10.3. The molecule has 0 aliphatic carbocycles. The quantitative estimate of drug-likeness (QED) is 0.228. The van der Waals surface area contributed by atoms with Crippen LogP contribution in [0, 0.1) is 6.92 Å². The summed E-state index contributed by atoms with van der Waals surface area (Å²) in [4.78, 5) is 4.44. The van der Waals surface area contributed by atoms with E-state index < -0.39 is 6.61 Å². The lowest BCUT2D eigenvalue weighted by Crippen LogP contribution is -2.37. The second-order valence-corrected chi connectivity index (χ2v) is 5.76. The summed E-state index contributed by atoms with van der Waals surface area (Å²) in [7, 11) is 3.36. The third-order valence-corrected chi connectivity index (χ3v) is 3.90. The van der Waals surface area contributed by atoms with E-state index in [2.05, 4.69) is 37.1 Å². The highest BCUT2D eigenvalue weighted by Crippen LogP contribution is 2.26. The summed E-state index contributed by atoms with van der Waals surface area (Å²) in [6.45, 7) is 3.56. The number of methoxy groups -OCH3 is 1. The molecule has 0 saturated heterocycles. The van der Waals surface area contributed by atoms with Gasteiger partial charge in [0.25, 0.3) is 0 Å². The Morgan fingerprint density at radius 1 is 1.34 bits per heavy atom. The molecule has 0 bridgehead atoms. The summed E-state index contributed by atoms with van der Waals surface area (Å²) < 4.78 is 36.9. The van der Waals surface area contributed by atoms with E-state index >= 15 is 0 Å². The molecule has 8 nitrogen and oxygen atoms in total. The van der Waals surface area contributed by atoms with Crippen LogP contribution in [-0.4, -0.2) is 41.0 Å². The second-order valence-electron chi connectivity index (χ2n) is 5.76. The molecule has 0 saturated carbocycles. The van der Waals surface area contributed by atoms with Gasteiger partial charge in [0.1, 0.15) is 17.3 Å². The predicted molar refractivity (Wildman–Crippen MR) is 117 cm³/mol. The molecule has 0 spiro atoms. The number of rotatable bonds is 9. The van der Waals surface area contributed by atoms with Crippen LogP contribution in [0.25, 0.3) is 0 Å². The maximum atomic E-state index is 12.7. The van der Waals surface area contributed by atoms with Crippen LogP contribution in [0.5, 0.6) is 11.5 Å². The molecule has 1 heterocycles. The van der Waals surface area contributed by atoms with Crippen LogP contribution >= 0.6 is 24.0 Å². The summed E-state index contributed by atoms with van der Waals surface area (Å²) in [5.41, 5.74) is 0.467. The molecular formula is C18H25F2IN6O2. The fraction of sp³-hybridized carbons (Fsp3) is 0.389. The number of guanidine groups is 1. The predicted octanol–water partition coefficient (Wildman–Crippen LogP) is 2.77. The fourth-order valence-electron chi connectivity index (χ4n) is 2.29.